The zero-order valence-corrected chi connectivity index (χ0v) is 13.7. The summed E-state index contributed by atoms with van der Waals surface area (Å²) in [4.78, 5) is 33.8. The first kappa shape index (κ1) is 21.1. The predicted octanol–water partition coefficient (Wildman–Crippen LogP) is 0.368. The van der Waals surface area contributed by atoms with E-state index in [2.05, 4.69) is 11.3 Å². The van der Waals surface area contributed by atoms with Crippen molar-refractivity contribution in [3.05, 3.63) is 12.7 Å². The molecule has 132 valence electrons. The van der Waals surface area contributed by atoms with Crippen molar-refractivity contribution < 1.29 is 38.4 Å². The number of ether oxygens (including phenoxy) is 4. The van der Waals surface area contributed by atoms with Crippen LogP contribution in [0.15, 0.2) is 12.7 Å². The van der Waals surface area contributed by atoms with Crippen molar-refractivity contribution in [2.45, 2.75) is 38.4 Å². The molecule has 1 N–H and O–H groups in total. The van der Waals surface area contributed by atoms with Gasteiger partial charge in [0.1, 0.15) is 24.9 Å². The molecule has 0 aromatic carbocycles. The van der Waals surface area contributed by atoms with Gasteiger partial charge in [-0.2, -0.15) is 0 Å². The van der Waals surface area contributed by atoms with Crippen LogP contribution in [0.5, 0.6) is 0 Å². The minimum atomic E-state index is -1.14. The van der Waals surface area contributed by atoms with Gasteiger partial charge < -0.3 is 24.1 Å². The van der Waals surface area contributed by atoms with Crippen LogP contribution in [-0.2, 0) is 33.3 Å². The Labute approximate surface area is 135 Å². The Morgan fingerprint density at radius 3 is 2.26 bits per heavy atom. The van der Waals surface area contributed by atoms with Gasteiger partial charge in [-0.15, -0.1) is 0 Å². The summed E-state index contributed by atoms with van der Waals surface area (Å²) in [6, 6.07) is 0. The number of rotatable bonds is 11. The second-order valence-electron chi connectivity index (χ2n) is 5.34. The summed E-state index contributed by atoms with van der Waals surface area (Å²) in [5.41, 5.74) is -0.777. The number of aliphatic hydroxyl groups is 1. The summed E-state index contributed by atoms with van der Waals surface area (Å²) in [6.07, 6.45) is -0.514. The number of carbonyl (C=O) groups is 3. The number of hydrogen-bond acceptors (Lipinski definition) is 8. The first-order valence-electron chi connectivity index (χ1n) is 7.04. The Morgan fingerprint density at radius 2 is 1.70 bits per heavy atom. The standard InChI is InChI=1S/C15H24O8/c1-5-12(17)21-8-11(16)9-22-13(18)6-7-14(19)23-15(2,3)10-20-4/h5,11,16H,1,6-10H2,2-4H3. The van der Waals surface area contributed by atoms with E-state index in [4.69, 9.17) is 14.2 Å². The van der Waals surface area contributed by atoms with Crippen molar-refractivity contribution in [3.8, 4) is 0 Å². The molecule has 0 aliphatic heterocycles. The number of methoxy groups -OCH3 is 1. The third kappa shape index (κ3) is 11.3. The van der Waals surface area contributed by atoms with E-state index in [1.54, 1.807) is 13.8 Å². The molecule has 0 saturated carbocycles. The Bertz CT molecular complexity index is 416. The second-order valence-corrected chi connectivity index (χ2v) is 5.34. The molecule has 1 atom stereocenters. The maximum absolute atomic E-state index is 11.6. The fraction of sp³-hybridized carbons (Fsp3) is 0.667. The van der Waals surface area contributed by atoms with Crippen molar-refractivity contribution >= 4 is 17.9 Å². The highest BCUT2D eigenvalue weighted by Crippen LogP contribution is 2.11. The molecule has 0 bridgehead atoms. The lowest BCUT2D eigenvalue weighted by Crippen LogP contribution is -2.33. The smallest absolute Gasteiger partial charge is 0.330 e. The van der Waals surface area contributed by atoms with Crippen LogP contribution in [0.25, 0.3) is 0 Å². The molecule has 0 heterocycles. The number of aliphatic hydroxyl groups excluding tert-OH is 1. The highest BCUT2D eigenvalue weighted by molar-refractivity contribution is 5.81. The summed E-state index contributed by atoms with van der Waals surface area (Å²) in [7, 11) is 1.49. The lowest BCUT2D eigenvalue weighted by molar-refractivity contribution is -0.164. The maximum atomic E-state index is 11.6. The van der Waals surface area contributed by atoms with E-state index in [1.165, 1.54) is 7.11 Å². The molecule has 0 radical (unpaired) electrons. The minimum absolute atomic E-state index is 0.145. The molecule has 0 fully saturated rings. The summed E-state index contributed by atoms with van der Waals surface area (Å²) < 4.78 is 19.4. The fourth-order valence-corrected chi connectivity index (χ4v) is 1.49. The fourth-order valence-electron chi connectivity index (χ4n) is 1.49. The maximum Gasteiger partial charge on any atom is 0.330 e. The Morgan fingerprint density at radius 1 is 1.13 bits per heavy atom. The molecule has 0 spiro atoms. The summed E-state index contributed by atoms with van der Waals surface area (Å²) in [5.74, 6) is -1.90. The minimum Gasteiger partial charge on any atom is -0.463 e. The SMILES string of the molecule is C=CC(=O)OCC(O)COC(=O)CCC(=O)OC(C)(C)COC. The van der Waals surface area contributed by atoms with Crippen molar-refractivity contribution in [2.24, 2.45) is 0 Å². The van der Waals surface area contributed by atoms with Crippen molar-refractivity contribution in [3.63, 3.8) is 0 Å². The van der Waals surface area contributed by atoms with Gasteiger partial charge in [-0.05, 0) is 13.8 Å². The molecule has 0 saturated heterocycles. The third-order valence-corrected chi connectivity index (χ3v) is 2.44. The molecule has 0 amide bonds. The number of carbonyl (C=O) groups excluding carboxylic acids is 3. The quantitative estimate of drug-likeness (QED) is 0.328. The largest absolute Gasteiger partial charge is 0.463 e. The van der Waals surface area contributed by atoms with Gasteiger partial charge in [-0.3, -0.25) is 9.59 Å². The third-order valence-electron chi connectivity index (χ3n) is 2.44. The molecule has 0 rings (SSSR count). The van der Waals surface area contributed by atoms with Crippen LogP contribution in [0.4, 0.5) is 0 Å². The molecule has 23 heavy (non-hydrogen) atoms. The van der Waals surface area contributed by atoms with E-state index in [-0.39, 0.29) is 32.7 Å². The van der Waals surface area contributed by atoms with Gasteiger partial charge in [-0.1, -0.05) is 6.58 Å². The van der Waals surface area contributed by atoms with E-state index in [1.807, 2.05) is 0 Å². The summed E-state index contributed by atoms with van der Waals surface area (Å²) >= 11 is 0. The highest BCUT2D eigenvalue weighted by atomic mass is 16.6. The Balaban J connectivity index is 3.92. The monoisotopic (exact) mass is 332 g/mol. The van der Waals surface area contributed by atoms with Crippen LogP contribution in [0.1, 0.15) is 26.7 Å². The van der Waals surface area contributed by atoms with Gasteiger partial charge in [0.05, 0.1) is 19.4 Å². The lowest BCUT2D eigenvalue weighted by Gasteiger charge is -2.23. The molecule has 8 heteroatoms. The summed E-state index contributed by atoms with van der Waals surface area (Å²) in [6.45, 7) is 6.15. The molecule has 0 aliphatic carbocycles. The van der Waals surface area contributed by atoms with Crippen molar-refractivity contribution in [2.75, 3.05) is 26.9 Å². The molecule has 0 aromatic rings. The molecular formula is C15H24O8. The van der Waals surface area contributed by atoms with E-state index < -0.39 is 29.6 Å². The second kappa shape index (κ2) is 10.7. The first-order valence-corrected chi connectivity index (χ1v) is 7.04. The molecule has 0 aromatic heterocycles. The van der Waals surface area contributed by atoms with Crippen LogP contribution in [0, 0.1) is 0 Å². The Kier molecular flexibility index (Phi) is 9.84. The normalized spacial score (nSPS) is 12.2. The van der Waals surface area contributed by atoms with Gasteiger partial charge >= 0.3 is 17.9 Å². The molecule has 0 aliphatic rings. The van der Waals surface area contributed by atoms with E-state index in [0.29, 0.717) is 0 Å². The highest BCUT2D eigenvalue weighted by Gasteiger charge is 2.23. The first-order chi connectivity index (χ1) is 10.7. The predicted molar refractivity (Wildman–Crippen MR) is 79.4 cm³/mol. The lowest BCUT2D eigenvalue weighted by atomic mass is 10.1. The van der Waals surface area contributed by atoms with Gasteiger partial charge in [0.2, 0.25) is 0 Å². The molecule has 1 unspecified atom stereocenters. The Hall–Kier alpha value is -1.93. The van der Waals surface area contributed by atoms with Crippen molar-refractivity contribution in [1.29, 1.82) is 0 Å². The summed E-state index contributed by atoms with van der Waals surface area (Å²) in [5, 5.41) is 9.44. The average Bonchev–Trinajstić information content (AvgIpc) is 2.47. The number of hydrogen-bond donors (Lipinski definition) is 1. The van der Waals surface area contributed by atoms with Gasteiger partial charge in [0.25, 0.3) is 0 Å². The average molecular weight is 332 g/mol. The van der Waals surface area contributed by atoms with E-state index >= 15 is 0 Å². The van der Waals surface area contributed by atoms with Crippen LogP contribution < -0.4 is 0 Å². The van der Waals surface area contributed by atoms with Crippen LogP contribution in [0.3, 0.4) is 0 Å². The zero-order valence-electron chi connectivity index (χ0n) is 13.7. The van der Waals surface area contributed by atoms with Crippen LogP contribution >= 0.6 is 0 Å². The van der Waals surface area contributed by atoms with Crippen LogP contribution in [0.2, 0.25) is 0 Å². The van der Waals surface area contributed by atoms with Gasteiger partial charge in [-0.25, -0.2) is 4.79 Å². The van der Waals surface area contributed by atoms with Crippen molar-refractivity contribution in [1.82, 2.24) is 0 Å². The van der Waals surface area contributed by atoms with Gasteiger partial charge in [0.15, 0.2) is 0 Å². The molecular weight excluding hydrogens is 308 g/mol. The van der Waals surface area contributed by atoms with E-state index in [0.717, 1.165) is 6.08 Å². The van der Waals surface area contributed by atoms with E-state index in [9.17, 15) is 19.5 Å². The zero-order chi connectivity index (χ0) is 17.9. The number of esters is 3. The van der Waals surface area contributed by atoms with Gasteiger partial charge in [0, 0.05) is 13.2 Å². The molecule has 8 nitrogen and oxygen atoms in total. The van der Waals surface area contributed by atoms with Crippen LogP contribution in [-0.4, -0.2) is 61.6 Å². The topological polar surface area (TPSA) is 108 Å².